The predicted octanol–water partition coefficient (Wildman–Crippen LogP) is 3.22. The highest BCUT2D eigenvalue weighted by molar-refractivity contribution is 7.80. The average molecular weight is 494 g/mol. The Hall–Kier alpha value is -1.32. The molecule has 0 spiro atoms. The molecule has 4 bridgehead atoms. The Morgan fingerprint density at radius 1 is 0.867 bits per heavy atom. The molecule has 0 saturated heterocycles. The van der Waals surface area contributed by atoms with Crippen molar-refractivity contribution in [3.8, 4) is 0 Å². The van der Waals surface area contributed by atoms with Gasteiger partial charge in [-0.1, -0.05) is 34.8 Å². The SMILES string of the molecule is O.O=C(NNC(=S)NC12CC3CC(CC(C3)C1)C2)C(=O)Nc1cc(Cl)c(Cl)cc1Cl. The molecular formula is C19H23Cl3N4O3S. The van der Waals surface area contributed by atoms with Gasteiger partial charge in [0.1, 0.15) is 0 Å². The second-order valence-electron chi connectivity index (χ2n) is 8.43. The van der Waals surface area contributed by atoms with Gasteiger partial charge >= 0.3 is 11.8 Å². The molecule has 164 valence electrons. The number of carbonyl (C=O) groups is 2. The van der Waals surface area contributed by atoms with E-state index in [2.05, 4.69) is 21.5 Å². The first-order valence-corrected chi connectivity index (χ1v) is 11.1. The molecule has 0 atom stereocenters. The number of benzene rings is 1. The molecule has 4 fully saturated rings. The topological polar surface area (TPSA) is 114 Å². The van der Waals surface area contributed by atoms with Crippen LogP contribution in [0.25, 0.3) is 0 Å². The molecule has 30 heavy (non-hydrogen) atoms. The third-order valence-electron chi connectivity index (χ3n) is 6.17. The molecule has 0 radical (unpaired) electrons. The second-order valence-corrected chi connectivity index (χ2v) is 10.1. The van der Waals surface area contributed by atoms with Gasteiger partial charge in [-0.15, -0.1) is 0 Å². The number of halogens is 3. The van der Waals surface area contributed by atoms with Gasteiger partial charge < -0.3 is 16.1 Å². The standard InChI is InChI=1S/C19H21Cl3N4O2S.H2O/c20-12-4-14(22)15(5-13(12)21)23-16(27)17(28)25-26-18(29)24-19-6-9-1-10(7-19)3-11(2-9)8-19;/h4-5,9-11H,1-3,6-8H2,(H,23,27)(H,25,28)(H2,24,26,29);1H2. The van der Waals surface area contributed by atoms with Crippen LogP contribution in [0.2, 0.25) is 15.1 Å². The van der Waals surface area contributed by atoms with Crippen molar-refractivity contribution in [3.05, 3.63) is 27.2 Å². The van der Waals surface area contributed by atoms with Crippen molar-refractivity contribution in [1.82, 2.24) is 16.2 Å². The van der Waals surface area contributed by atoms with Crippen LogP contribution < -0.4 is 21.5 Å². The highest BCUT2D eigenvalue weighted by atomic mass is 35.5. The molecule has 0 unspecified atom stereocenters. The van der Waals surface area contributed by atoms with Crippen LogP contribution in [0, 0.1) is 17.8 Å². The van der Waals surface area contributed by atoms with Crippen LogP contribution in [-0.4, -0.2) is 27.9 Å². The van der Waals surface area contributed by atoms with Crippen LogP contribution in [0.4, 0.5) is 5.69 Å². The number of rotatable bonds is 2. The maximum absolute atomic E-state index is 12.1. The van der Waals surface area contributed by atoms with Crippen LogP contribution in [-0.2, 0) is 9.59 Å². The lowest BCUT2D eigenvalue weighted by Gasteiger charge is -2.57. The normalized spacial score (nSPS) is 28.3. The summed E-state index contributed by atoms with van der Waals surface area (Å²) >= 11 is 23.1. The van der Waals surface area contributed by atoms with E-state index in [-0.39, 0.29) is 31.8 Å². The Labute approximate surface area is 194 Å². The summed E-state index contributed by atoms with van der Waals surface area (Å²) in [7, 11) is 0. The quantitative estimate of drug-likeness (QED) is 0.219. The van der Waals surface area contributed by atoms with Crippen molar-refractivity contribution < 1.29 is 15.1 Å². The summed E-state index contributed by atoms with van der Waals surface area (Å²) in [6, 6.07) is 2.77. The van der Waals surface area contributed by atoms with Crippen molar-refractivity contribution in [2.24, 2.45) is 17.8 Å². The van der Waals surface area contributed by atoms with E-state index in [0.717, 1.165) is 37.0 Å². The molecule has 0 heterocycles. The number of carbonyl (C=O) groups excluding carboxylic acids is 2. The third-order valence-corrected chi connectivity index (χ3v) is 7.41. The minimum Gasteiger partial charge on any atom is -0.412 e. The summed E-state index contributed by atoms with van der Waals surface area (Å²) in [6.07, 6.45) is 7.33. The molecule has 5 rings (SSSR count). The first-order chi connectivity index (χ1) is 13.7. The van der Waals surface area contributed by atoms with Crippen LogP contribution in [0.1, 0.15) is 38.5 Å². The fraction of sp³-hybridized carbons (Fsp3) is 0.526. The Morgan fingerprint density at radius 3 is 1.97 bits per heavy atom. The highest BCUT2D eigenvalue weighted by Gasteiger charge is 2.51. The molecule has 2 amide bonds. The number of nitrogens with one attached hydrogen (secondary N) is 4. The highest BCUT2D eigenvalue weighted by Crippen LogP contribution is 2.55. The Morgan fingerprint density at radius 2 is 1.40 bits per heavy atom. The predicted molar refractivity (Wildman–Crippen MR) is 122 cm³/mol. The summed E-state index contributed by atoms with van der Waals surface area (Å²) in [6.45, 7) is 0. The van der Waals surface area contributed by atoms with Crippen molar-refractivity contribution in [1.29, 1.82) is 0 Å². The summed E-state index contributed by atoms with van der Waals surface area (Å²) in [5.41, 5.74) is 5.17. The van der Waals surface area contributed by atoms with Gasteiger partial charge in [-0.05, 0) is 80.6 Å². The average Bonchev–Trinajstić information content (AvgIpc) is 2.62. The van der Waals surface area contributed by atoms with Gasteiger partial charge in [0.25, 0.3) is 0 Å². The van der Waals surface area contributed by atoms with Crippen molar-refractivity contribution in [2.45, 2.75) is 44.1 Å². The van der Waals surface area contributed by atoms with E-state index in [1.54, 1.807) is 0 Å². The number of hydrazine groups is 1. The zero-order valence-corrected chi connectivity index (χ0v) is 19.1. The lowest BCUT2D eigenvalue weighted by Crippen LogP contribution is -2.63. The maximum atomic E-state index is 12.1. The van der Waals surface area contributed by atoms with Gasteiger partial charge in [-0.25, -0.2) is 0 Å². The summed E-state index contributed by atoms with van der Waals surface area (Å²) in [5.74, 6) is 0.505. The molecule has 11 heteroatoms. The molecule has 0 aliphatic heterocycles. The molecule has 0 aromatic heterocycles. The molecule has 6 N–H and O–H groups in total. The number of hydrogen-bond acceptors (Lipinski definition) is 3. The van der Waals surface area contributed by atoms with E-state index in [4.69, 9.17) is 47.0 Å². The smallest absolute Gasteiger partial charge is 0.328 e. The summed E-state index contributed by atoms with van der Waals surface area (Å²) in [5, 5.41) is 6.77. The number of anilines is 1. The Balaban J connectivity index is 0.00000256. The Kier molecular flexibility index (Phi) is 7.04. The van der Waals surface area contributed by atoms with E-state index in [9.17, 15) is 9.59 Å². The van der Waals surface area contributed by atoms with Crippen LogP contribution in [0.15, 0.2) is 12.1 Å². The van der Waals surface area contributed by atoms with Crippen molar-refractivity contribution >= 4 is 69.6 Å². The van der Waals surface area contributed by atoms with E-state index in [1.165, 1.54) is 31.4 Å². The molecule has 4 saturated carbocycles. The Bertz CT molecular complexity index is 848. The fourth-order valence-electron chi connectivity index (χ4n) is 5.50. The van der Waals surface area contributed by atoms with E-state index in [1.807, 2.05) is 0 Å². The molecule has 4 aliphatic rings. The van der Waals surface area contributed by atoms with Crippen molar-refractivity contribution in [2.75, 3.05) is 5.32 Å². The van der Waals surface area contributed by atoms with Crippen LogP contribution >= 0.6 is 47.0 Å². The van der Waals surface area contributed by atoms with Gasteiger partial charge in [0.15, 0.2) is 5.11 Å². The summed E-state index contributed by atoms with van der Waals surface area (Å²) < 4.78 is 0. The van der Waals surface area contributed by atoms with Gasteiger partial charge in [0.2, 0.25) is 0 Å². The number of amides is 2. The first kappa shape index (κ1) is 23.3. The molecule has 4 aliphatic carbocycles. The maximum Gasteiger partial charge on any atom is 0.328 e. The zero-order valence-electron chi connectivity index (χ0n) is 16.0. The lowest BCUT2D eigenvalue weighted by molar-refractivity contribution is -0.136. The molecular weight excluding hydrogens is 471 g/mol. The largest absolute Gasteiger partial charge is 0.412 e. The van der Waals surface area contributed by atoms with E-state index >= 15 is 0 Å². The molecule has 1 aromatic rings. The van der Waals surface area contributed by atoms with Gasteiger partial charge in [0.05, 0.1) is 20.8 Å². The van der Waals surface area contributed by atoms with Gasteiger partial charge in [-0.3, -0.25) is 20.4 Å². The summed E-state index contributed by atoms with van der Waals surface area (Å²) in [4.78, 5) is 24.2. The zero-order chi connectivity index (χ0) is 20.8. The monoisotopic (exact) mass is 492 g/mol. The lowest BCUT2D eigenvalue weighted by atomic mass is 9.53. The van der Waals surface area contributed by atoms with Gasteiger partial charge in [-0.2, -0.15) is 0 Å². The first-order valence-electron chi connectivity index (χ1n) is 9.57. The van der Waals surface area contributed by atoms with E-state index < -0.39 is 11.8 Å². The van der Waals surface area contributed by atoms with Crippen LogP contribution in [0.5, 0.6) is 0 Å². The third kappa shape index (κ3) is 4.94. The minimum atomic E-state index is -0.907. The molecule has 1 aromatic carbocycles. The second kappa shape index (κ2) is 9.04. The minimum absolute atomic E-state index is 0. The van der Waals surface area contributed by atoms with Crippen LogP contribution in [0.3, 0.4) is 0 Å². The number of hydrogen-bond donors (Lipinski definition) is 4. The number of thiocarbonyl (C=S) groups is 1. The molecule has 7 nitrogen and oxygen atoms in total. The van der Waals surface area contributed by atoms with Gasteiger partial charge in [0, 0.05) is 5.54 Å². The van der Waals surface area contributed by atoms with E-state index in [0.29, 0.717) is 5.11 Å². The van der Waals surface area contributed by atoms with Crippen molar-refractivity contribution in [3.63, 3.8) is 0 Å². The fourth-order valence-corrected chi connectivity index (χ4v) is 6.37.